The Kier molecular flexibility index (Phi) is 4.00. The van der Waals surface area contributed by atoms with Crippen molar-refractivity contribution in [1.82, 2.24) is 5.32 Å². The molecule has 1 aliphatic heterocycles. The van der Waals surface area contributed by atoms with Gasteiger partial charge in [0.25, 0.3) is 0 Å². The molecule has 21 heavy (non-hydrogen) atoms. The van der Waals surface area contributed by atoms with E-state index in [4.69, 9.17) is 0 Å². The number of anilines is 1. The number of hydrogen-bond acceptors (Lipinski definition) is 3. The van der Waals surface area contributed by atoms with Crippen LogP contribution in [-0.2, 0) is 4.79 Å². The summed E-state index contributed by atoms with van der Waals surface area (Å²) in [5.41, 5.74) is 0.541. The lowest BCUT2D eigenvalue weighted by Crippen LogP contribution is -2.44. The summed E-state index contributed by atoms with van der Waals surface area (Å²) in [5, 5.41) is 9.77. The van der Waals surface area contributed by atoms with E-state index in [1.807, 2.05) is 6.07 Å². The maximum absolute atomic E-state index is 12.7. The van der Waals surface area contributed by atoms with Gasteiger partial charge in [0.15, 0.2) is 0 Å². The average molecular weight is 302 g/mol. The third-order valence-corrected chi connectivity index (χ3v) is 5.51. The van der Waals surface area contributed by atoms with Gasteiger partial charge in [-0.2, -0.15) is 0 Å². The van der Waals surface area contributed by atoms with Crippen LogP contribution >= 0.6 is 11.3 Å². The number of nitrogens with one attached hydrogen (secondary N) is 2. The van der Waals surface area contributed by atoms with Gasteiger partial charge < -0.3 is 10.6 Å². The fourth-order valence-electron chi connectivity index (χ4n) is 2.99. The summed E-state index contributed by atoms with van der Waals surface area (Å²) >= 11 is 1.72. The first-order valence-corrected chi connectivity index (χ1v) is 8.45. The summed E-state index contributed by atoms with van der Waals surface area (Å²) in [6.45, 7) is 6.12. The molecule has 112 valence electrons. The first-order valence-electron chi connectivity index (χ1n) is 7.57. The second-order valence-electron chi connectivity index (χ2n) is 6.39. The van der Waals surface area contributed by atoms with Gasteiger partial charge in [-0.15, -0.1) is 11.3 Å². The summed E-state index contributed by atoms with van der Waals surface area (Å²) in [7, 11) is 0. The number of carbonyl (C=O) groups excluding carboxylic acids is 1. The molecule has 1 aliphatic rings. The van der Waals surface area contributed by atoms with Crippen molar-refractivity contribution in [2.75, 3.05) is 18.4 Å². The van der Waals surface area contributed by atoms with Gasteiger partial charge >= 0.3 is 0 Å². The Hall–Kier alpha value is -1.39. The largest absolute Gasteiger partial charge is 0.326 e. The van der Waals surface area contributed by atoms with Crippen LogP contribution in [0.15, 0.2) is 29.6 Å². The van der Waals surface area contributed by atoms with Crippen LogP contribution < -0.4 is 10.6 Å². The monoisotopic (exact) mass is 302 g/mol. The Morgan fingerprint density at radius 1 is 1.38 bits per heavy atom. The number of hydrogen-bond donors (Lipinski definition) is 2. The molecular weight excluding hydrogens is 280 g/mol. The second kappa shape index (κ2) is 5.78. The van der Waals surface area contributed by atoms with Crippen molar-refractivity contribution >= 4 is 33.0 Å². The van der Waals surface area contributed by atoms with Crippen LogP contribution in [0, 0.1) is 11.3 Å². The minimum Gasteiger partial charge on any atom is -0.326 e. The summed E-state index contributed by atoms with van der Waals surface area (Å²) in [4.78, 5) is 12.7. The number of benzene rings is 1. The van der Waals surface area contributed by atoms with Gasteiger partial charge in [0.05, 0.1) is 0 Å². The van der Waals surface area contributed by atoms with E-state index >= 15 is 0 Å². The summed E-state index contributed by atoms with van der Waals surface area (Å²) < 4.78 is 1.25. The first kappa shape index (κ1) is 14.5. The van der Waals surface area contributed by atoms with Gasteiger partial charge in [-0.05, 0) is 66.9 Å². The minimum atomic E-state index is -0.350. The van der Waals surface area contributed by atoms with Crippen LogP contribution in [0.1, 0.15) is 26.7 Å². The molecule has 1 unspecified atom stereocenters. The number of amides is 1. The molecule has 1 atom stereocenters. The molecule has 0 saturated carbocycles. The van der Waals surface area contributed by atoms with E-state index in [1.165, 1.54) is 10.1 Å². The molecule has 3 nitrogen and oxygen atoms in total. The highest BCUT2D eigenvalue weighted by molar-refractivity contribution is 7.17. The number of piperidine rings is 1. The number of carbonyl (C=O) groups is 1. The minimum absolute atomic E-state index is 0.116. The maximum Gasteiger partial charge on any atom is 0.230 e. The van der Waals surface area contributed by atoms with Gasteiger partial charge in [0.2, 0.25) is 5.91 Å². The smallest absolute Gasteiger partial charge is 0.230 e. The zero-order chi connectivity index (χ0) is 14.9. The van der Waals surface area contributed by atoms with Gasteiger partial charge in [0.1, 0.15) is 0 Å². The SMILES string of the molecule is CC(C)(C(=O)Nc1ccc2sccc2c1)C1CCCNC1. The summed E-state index contributed by atoms with van der Waals surface area (Å²) in [6, 6.07) is 8.21. The maximum atomic E-state index is 12.7. The van der Waals surface area contributed by atoms with Crippen LogP contribution in [0.4, 0.5) is 5.69 Å². The number of thiophene rings is 1. The fraction of sp³-hybridized carbons (Fsp3) is 0.471. The Morgan fingerprint density at radius 2 is 2.24 bits per heavy atom. The predicted molar refractivity (Wildman–Crippen MR) is 89.8 cm³/mol. The molecule has 1 fully saturated rings. The lowest BCUT2D eigenvalue weighted by molar-refractivity contribution is -0.127. The van der Waals surface area contributed by atoms with Crippen molar-refractivity contribution < 1.29 is 4.79 Å². The summed E-state index contributed by atoms with van der Waals surface area (Å²) in [6.07, 6.45) is 2.28. The Morgan fingerprint density at radius 3 is 3.00 bits per heavy atom. The van der Waals surface area contributed by atoms with Crippen molar-refractivity contribution in [2.45, 2.75) is 26.7 Å². The Labute approximate surface area is 129 Å². The van der Waals surface area contributed by atoms with Crippen molar-refractivity contribution in [3.05, 3.63) is 29.6 Å². The van der Waals surface area contributed by atoms with Crippen LogP contribution in [0.2, 0.25) is 0 Å². The van der Waals surface area contributed by atoms with Crippen molar-refractivity contribution in [1.29, 1.82) is 0 Å². The van der Waals surface area contributed by atoms with Crippen LogP contribution in [-0.4, -0.2) is 19.0 Å². The lowest BCUT2D eigenvalue weighted by atomic mass is 9.74. The van der Waals surface area contributed by atoms with E-state index < -0.39 is 0 Å². The molecule has 1 aromatic carbocycles. The molecule has 1 aromatic heterocycles. The fourth-order valence-corrected chi connectivity index (χ4v) is 3.76. The highest BCUT2D eigenvalue weighted by atomic mass is 32.1. The van der Waals surface area contributed by atoms with Gasteiger partial charge in [-0.1, -0.05) is 13.8 Å². The average Bonchev–Trinajstić information content (AvgIpc) is 2.95. The van der Waals surface area contributed by atoms with Crippen LogP contribution in [0.25, 0.3) is 10.1 Å². The standard InChI is InChI=1S/C17H22N2OS/c1-17(2,13-4-3-8-18-11-13)16(20)19-14-5-6-15-12(10-14)7-9-21-15/h5-7,9-10,13,18H,3-4,8,11H2,1-2H3,(H,19,20). The van der Waals surface area contributed by atoms with E-state index in [-0.39, 0.29) is 11.3 Å². The second-order valence-corrected chi connectivity index (χ2v) is 7.34. The topological polar surface area (TPSA) is 41.1 Å². The first-order chi connectivity index (χ1) is 10.1. The van der Waals surface area contributed by atoms with Gasteiger partial charge in [0, 0.05) is 15.8 Å². The quantitative estimate of drug-likeness (QED) is 0.904. The Balaban J connectivity index is 1.74. The molecule has 3 rings (SSSR count). The normalized spacial score (nSPS) is 19.6. The van der Waals surface area contributed by atoms with Crippen molar-refractivity contribution in [3.8, 4) is 0 Å². The molecule has 0 aliphatic carbocycles. The molecule has 0 spiro atoms. The molecule has 1 saturated heterocycles. The predicted octanol–water partition coefficient (Wildman–Crippen LogP) is 3.87. The van der Waals surface area contributed by atoms with Crippen LogP contribution in [0.3, 0.4) is 0 Å². The van der Waals surface area contributed by atoms with E-state index in [1.54, 1.807) is 11.3 Å². The van der Waals surface area contributed by atoms with Crippen molar-refractivity contribution in [2.24, 2.45) is 11.3 Å². The van der Waals surface area contributed by atoms with E-state index in [0.717, 1.165) is 31.6 Å². The zero-order valence-electron chi connectivity index (χ0n) is 12.6. The molecule has 0 bridgehead atoms. The molecule has 2 aromatic rings. The van der Waals surface area contributed by atoms with Gasteiger partial charge in [-0.25, -0.2) is 0 Å². The highest BCUT2D eigenvalue weighted by Gasteiger charge is 2.37. The van der Waals surface area contributed by atoms with E-state index in [0.29, 0.717) is 5.92 Å². The number of fused-ring (bicyclic) bond motifs is 1. The lowest BCUT2D eigenvalue weighted by Gasteiger charge is -2.36. The van der Waals surface area contributed by atoms with Crippen LogP contribution in [0.5, 0.6) is 0 Å². The van der Waals surface area contributed by atoms with E-state index in [2.05, 4.69) is 48.1 Å². The Bertz CT molecular complexity index is 641. The molecule has 0 radical (unpaired) electrons. The third kappa shape index (κ3) is 2.97. The number of rotatable bonds is 3. The molecular formula is C17H22N2OS. The molecule has 2 N–H and O–H groups in total. The molecule has 1 amide bonds. The molecule has 2 heterocycles. The van der Waals surface area contributed by atoms with E-state index in [9.17, 15) is 4.79 Å². The zero-order valence-corrected chi connectivity index (χ0v) is 13.4. The summed E-state index contributed by atoms with van der Waals surface area (Å²) in [5.74, 6) is 0.516. The highest BCUT2D eigenvalue weighted by Crippen LogP contribution is 2.33. The molecule has 4 heteroatoms. The van der Waals surface area contributed by atoms with Gasteiger partial charge in [-0.3, -0.25) is 4.79 Å². The van der Waals surface area contributed by atoms with Crippen molar-refractivity contribution in [3.63, 3.8) is 0 Å². The third-order valence-electron chi connectivity index (χ3n) is 4.61.